The number of halogens is 1. The zero-order chi connectivity index (χ0) is 34.5. The van der Waals surface area contributed by atoms with Crippen molar-refractivity contribution in [3.8, 4) is 22.6 Å². The molecule has 0 spiro atoms. The first-order valence-electron chi connectivity index (χ1n) is 15.2. The van der Waals surface area contributed by atoms with Crippen molar-refractivity contribution in [2.45, 2.75) is 43.5 Å². The Balaban J connectivity index is 1.39. The number of carbonyl (C=O) groups is 2. The maximum atomic E-state index is 13.7. The zero-order valence-electron chi connectivity index (χ0n) is 26.6. The van der Waals surface area contributed by atoms with Crippen LogP contribution < -0.4 is 14.8 Å². The van der Waals surface area contributed by atoms with Crippen molar-refractivity contribution in [3.63, 3.8) is 0 Å². The number of carboxylic acids is 1. The van der Waals surface area contributed by atoms with Gasteiger partial charge in [-0.3, -0.25) is 14.3 Å². The van der Waals surface area contributed by atoms with Gasteiger partial charge in [0.2, 0.25) is 0 Å². The van der Waals surface area contributed by atoms with Crippen LogP contribution in [0.3, 0.4) is 0 Å². The maximum Gasteiger partial charge on any atom is 0.305 e. The number of hydrogen-bond donors (Lipinski definition) is 3. The van der Waals surface area contributed by atoms with Gasteiger partial charge >= 0.3 is 5.97 Å². The standard InChI is InChI=1S/C38H35BrN2O6S/c1-38(2,3)27-17-20-30(21-18-27)48(45,46)41-33-22-19-28(39)23-32(33)37(44)40-34(24-36(42)43)26-15-13-25(14-16-26)31-11-7-8-12-35(31)47-29-9-5-4-6-10-29/h4-23,34,41H,24H2,1-3H3,(H,40,44)(H,42,43). The smallest absolute Gasteiger partial charge is 0.305 e. The molecule has 0 aliphatic carbocycles. The SMILES string of the molecule is CC(C)(C)c1ccc(S(=O)(=O)Nc2ccc(Br)cc2C(=O)NC(CC(=O)O)c2ccc(-c3ccccc3Oc3ccccc3)cc2)cc1. The summed E-state index contributed by atoms with van der Waals surface area (Å²) >= 11 is 3.36. The Morgan fingerprint density at radius 1 is 0.833 bits per heavy atom. The third-order valence-electron chi connectivity index (χ3n) is 7.67. The number of carbonyl (C=O) groups excluding carboxylic acids is 1. The summed E-state index contributed by atoms with van der Waals surface area (Å²) in [6, 6.07) is 34.5. The minimum atomic E-state index is -4.05. The van der Waals surface area contributed by atoms with Gasteiger partial charge in [0.05, 0.1) is 28.6 Å². The highest BCUT2D eigenvalue weighted by atomic mass is 79.9. The Morgan fingerprint density at radius 2 is 1.48 bits per heavy atom. The molecule has 0 aliphatic heterocycles. The molecule has 0 aromatic heterocycles. The van der Waals surface area contributed by atoms with Crippen molar-refractivity contribution in [2.75, 3.05) is 4.72 Å². The van der Waals surface area contributed by atoms with E-state index in [-0.39, 0.29) is 21.6 Å². The number of anilines is 1. The Labute approximate surface area is 289 Å². The number of hydrogen-bond acceptors (Lipinski definition) is 5. The van der Waals surface area contributed by atoms with E-state index < -0.39 is 34.4 Å². The number of nitrogens with one attached hydrogen (secondary N) is 2. The number of sulfonamides is 1. The molecule has 1 atom stereocenters. The molecule has 0 heterocycles. The molecule has 48 heavy (non-hydrogen) atoms. The van der Waals surface area contributed by atoms with E-state index in [0.717, 1.165) is 16.7 Å². The van der Waals surface area contributed by atoms with Crippen LogP contribution in [-0.2, 0) is 20.2 Å². The first kappa shape index (κ1) is 34.4. The van der Waals surface area contributed by atoms with Crippen LogP contribution in [0.25, 0.3) is 11.1 Å². The fraction of sp³-hybridized carbons (Fsp3) is 0.158. The molecule has 1 unspecified atom stereocenters. The summed E-state index contributed by atoms with van der Waals surface area (Å²) in [4.78, 5) is 25.6. The third-order valence-corrected chi connectivity index (χ3v) is 9.54. The first-order valence-corrected chi connectivity index (χ1v) is 17.5. The Bertz CT molecular complexity index is 2030. The van der Waals surface area contributed by atoms with E-state index >= 15 is 0 Å². The monoisotopic (exact) mass is 726 g/mol. The summed E-state index contributed by atoms with van der Waals surface area (Å²) in [6.07, 6.45) is -0.395. The Hall–Kier alpha value is -4.93. The molecular weight excluding hydrogens is 692 g/mol. The van der Waals surface area contributed by atoms with Crippen LogP contribution in [0.1, 0.15) is 54.7 Å². The van der Waals surface area contributed by atoms with Crippen LogP contribution in [0, 0.1) is 0 Å². The average Bonchev–Trinajstić information content (AvgIpc) is 3.05. The fourth-order valence-corrected chi connectivity index (χ4v) is 6.54. The predicted molar refractivity (Wildman–Crippen MR) is 191 cm³/mol. The lowest BCUT2D eigenvalue weighted by Gasteiger charge is -2.20. The van der Waals surface area contributed by atoms with Gasteiger partial charge in [0, 0.05) is 10.0 Å². The van der Waals surface area contributed by atoms with Gasteiger partial charge in [-0.05, 0) is 70.6 Å². The number of aliphatic carboxylic acids is 1. The molecule has 5 rings (SSSR count). The number of para-hydroxylation sites is 2. The molecule has 0 saturated carbocycles. The van der Waals surface area contributed by atoms with Crippen molar-refractivity contribution in [1.29, 1.82) is 0 Å². The molecule has 5 aromatic rings. The van der Waals surface area contributed by atoms with Crippen molar-refractivity contribution >= 4 is 43.5 Å². The summed E-state index contributed by atoms with van der Waals surface area (Å²) in [5.74, 6) is -0.408. The second-order valence-corrected chi connectivity index (χ2v) is 14.8. The van der Waals surface area contributed by atoms with Crippen molar-refractivity contribution in [3.05, 3.63) is 142 Å². The maximum absolute atomic E-state index is 13.7. The second-order valence-electron chi connectivity index (χ2n) is 12.2. The van der Waals surface area contributed by atoms with Crippen LogP contribution in [0.5, 0.6) is 11.5 Å². The van der Waals surface area contributed by atoms with Gasteiger partial charge in [-0.25, -0.2) is 8.42 Å². The van der Waals surface area contributed by atoms with Gasteiger partial charge in [0.15, 0.2) is 0 Å². The van der Waals surface area contributed by atoms with Gasteiger partial charge in [0.25, 0.3) is 15.9 Å². The van der Waals surface area contributed by atoms with E-state index in [1.165, 1.54) is 24.3 Å². The lowest BCUT2D eigenvalue weighted by molar-refractivity contribution is -0.137. The fourth-order valence-electron chi connectivity index (χ4n) is 5.10. The molecule has 0 fully saturated rings. The predicted octanol–water partition coefficient (Wildman–Crippen LogP) is 8.95. The van der Waals surface area contributed by atoms with Crippen molar-refractivity contribution < 1.29 is 27.9 Å². The lowest BCUT2D eigenvalue weighted by Crippen LogP contribution is -2.31. The molecular formula is C38H35BrN2O6S. The van der Waals surface area contributed by atoms with Gasteiger partial charge in [0.1, 0.15) is 11.5 Å². The van der Waals surface area contributed by atoms with E-state index in [2.05, 4.69) is 26.0 Å². The summed E-state index contributed by atoms with van der Waals surface area (Å²) in [7, 11) is -4.05. The second kappa shape index (κ2) is 14.5. The van der Waals surface area contributed by atoms with Crippen LogP contribution >= 0.6 is 15.9 Å². The highest BCUT2D eigenvalue weighted by Crippen LogP contribution is 2.34. The van der Waals surface area contributed by atoms with Crippen LogP contribution in [-0.4, -0.2) is 25.4 Å². The summed E-state index contributed by atoms with van der Waals surface area (Å²) in [5.41, 5.74) is 3.14. The van der Waals surface area contributed by atoms with Gasteiger partial charge in [-0.1, -0.05) is 109 Å². The molecule has 3 N–H and O–H groups in total. The average molecular weight is 728 g/mol. The van der Waals surface area contributed by atoms with E-state index in [0.29, 0.717) is 21.5 Å². The number of carboxylic acid groups (broad SMARTS) is 1. The van der Waals surface area contributed by atoms with E-state index in [1.807, 2.05) is 87.5 Å². The molecule has 0 saturated heterocycles. The molecule has 5 aromatic carbocycles. The lowest BCUT2D eigenvalue weighted by atomic mass is 9.87. The molecule has 0 aliphatic rings. The van der Waals surface area contributed by atoms with Gasteiger partial charge < -0.3 is 15.2 Å². The van der Waals surface area contributed by atoms with Crippen LogP contribution in [0.15, 0.2) is 131 Å². The minimum Gasteiger partial charge on any atom is -0.481 e. The highest BCUT2D eigenvalue weighted by molar-refractivity contribution is 9.10. The number of ether oxygens (including phenoxy) is 1. The summed E-state index contributed by atoms with van der Waals surface area (Å²) < 4.78 is 35.9. The molecule has 10 heteroatoms. The minimum absolute atomic E-state index is 0.0262. The van der Waals surface area contributed by atoms with Crippen molar-refractivity contribution in [2.24, 2.45) is 0 Å². The number of amides is 1. The topological polar surface area (TPSA) is 122 Å². The van der Waals surface area contributed by atoms with Gasteiger partial charge in [-0.15, -0.1) is 0 Å². The normalized spacial score (nSPS) is 12.2. The van der Waals surface area contributed by atoms with Crippen LogP contribution in [0.4, 0.5) is 5.69 Å². The highest BCUT2D eigenvalue weighted by Gasteiger charge is 2.24. The zero-order valence-corrected chi connectivity index (χ0v) is 29.0. The molecule has 0 bridgehead atoms. The molecule has 1 amide bonds. The van der Waals surface area contributed by atoms with Gasteiger partial charge in [-0.2, -0.15) is 0 Å². The van der Waals surface area contributed by atoms with Crippen LogP contribution in [0.2, 0.25) is 0 Å². The quantitative estimate of drug-likeness (QED) is 0.125. The number of benzene rings is 5. The Morgan fingerprint density at radius 3 is 2.12 bits per heavy atom. The molecule has 246 valence electrons. The van der Waals surface area contributed by atoms with Crippen molar-refractivity contribution in [1.82, 2.24) is 5.32 Å². The van der Waals surface area contributed by atoms with E-state index in [1.54, 1.807) is 30.3 Å². The largest absolute Gasteiger partial charge is 0.481 e. The van der Waals surface area contributed by atoms with E-state index in [4.69, 9.17) is 4.74 Å². The molecule has 8 nitrogen and oxygen atoms in total. The number of rotatable bonds is 11. The van der Waals surface area contributed by atoms with E-state index in [9.17, 15) is 23.1 Å². The third kappa shape index (κ3) is 8.50. The summed E-state index contributed by atoms with van der Waals surface area (Å²) in [6.45, 7) is 6.11. The summed E-state index contributed by atoms with van der Waals surface area (Å²) in [5, 5.41) is 12.5. The molecule has 0 radical (unpaired) electrons. The Kier molecular flexibility index (Phi) is 10.4. The first-order chi connectivity index (χ1) is 22.8.